The van der Waals surface area contributed by atoms with Crippen molar-refractivity contribution in [3.05, 3.63) is 0 Å². The number of Topliss-reactive ketones (excluding diaryl/α,β-unsaturated/α-hetero) is 1. The zero-order chi connectivity index (χ0) is 14.6. The van der Waals surface area contributed by atoms with Crippen LogP contribution in [-0.2, 0) is 14.3 Å². The molecule has 1 aliphatic rings. The maximum absolute atomic E-state index is 12.4. The lowest BCUT2D eigenvalue weighted by Gasteiger charge is -2.42. The quantitative estimate of drug-likeness (QED) is 0.715. The molecule has 0 bridgehead atoms. The molecule has 2 atom stereocenters. The van der Waals surface area contributed by atoms with Crippen LogP contribution in [0.3, 0.4) is 0 Å². The van der Waals surface area contributed by atoms with Crippen LogP contribution in [0.2, 0.25) is 0 Å². The van der Waals surface area contributed by atoms with Crippen LogP contribution >= 0.6 is 0 Å². The standard InChI is InChI=1S/C16H28O3/c1-11(2)12-8-9-16(3,4)10-13(12)14(17)6-7-15(18)19-5/h11-13H,6-10H2,1-5H3. The number of carbonyl (C=O) groups is 2. The average Bonchev–Trinajstić information content (AvgIpc) is 2.33. The Balaban J connectivity index is 2.68. The first-order valence-electron chi connectivity index (χ1n) is 7.36. The third-order valence-corrected chi connectivity index (χ3v) is 4.52. The zero-order valence-electron chi connectivity index (χ0n) is 13.0. The summed E-state index contributed by atoms with van der Waals surface area (Å²) in [7, 11) is 1.37. The topological polar surface area (TPSA) is 43.4 Å². The molecule has 0 radical (unpaired) electrons. The number of methoxy groups -OCH3 is 1. The Morgan fingerprint density at radius 2 is 1.89 bits per heavy atom. The molecule has 0 aromatic carbocycles. The fourth-order valence-electron chi connectivity index (χ4n) is 3.27. The Kier molecular flexibility index (Phi) is 5.57. The lowest BCUT2D eigenvalue weighted by atomic mass is 9.62. The van der Waals surface area contributed by atoms with Gasteiger partial charge in [0.05, 0.1) is 13.5 Å². The van der Waals surface area contributed by atoms with E-state index in [1.165, 1.54) is 13.5 Å². The van der Waals surface area contributed by atoms with Gasteiger partial charge in [0.1, 0.15) is 5.78 Å². The minimum Gasteiger partial charge on any atom is -0.469 e. The van der Waals surface area contributed by atoms with E-state index in [2.05, 4.69) is 32.4 Å². The van der Waals surface area contributed by atoms with Crippen molar-refractivity contribution in [2.75, 3.05) is 7.11 Å². The van der Waals surface area contributed by atoms with Crippen molar-refractivity contribution in [1.82, 2.24) is 0 Å². The van der Waals surface area contributed by atoms with E-state index in [-0.39, 0.29) is 29.5 Å². The van der Waals surface area contributed by atoms with Crippen LogP contribution in [0.4, 0.5) is 0 Å². The predicted molar refractivity (Wildman–Crippen MR) is 75.7 cm³/mol. The SMILES string of the molecule is COC(=O)CCC(=O)C1CC(C)(C)CCC1C(C)C. The summed E-state index contributed by atoms with van der Waals surface area (Å²) in [5, 5.41) is 0. The molecule has 110 valence electrons. The smallest absolute Gasteiger partial charge is 0.305 e. The van der Waals surface area contributed by atoms with Crippen LogP contribution in [0.25, 0.3) is 0 Å². The second-order valence-corrected chi connectivity index (χ2v) is 6.96. The van der Waals surface area contributed by atoms with Crippen LogP contribution in [0.15, 0.2) is 0 Å². The van der Waals surface area contributed by atoms with E-state index in [1.54, 1.807) is 0 Å². The lowest BCUT2D eigenvalue weighted by molar-refractivity contribution is -0.142. The number of carbonyl (C=O) groups excluding carboxylic acids is 2. The second kappa shape index (κ2) is 6.53. The number of esters is 1. The maximum atomic E-state index is 12.4. The van der Waals surface area contributed by atoms with Gasteiger partial charge < -0.3 is 4.74 Å². The number of hydrogen-bond donors (Lipinski definition) is 0. The summed E-state index contributed by atoms with van der Waals surface area (Å²) in [6, 6.07) is 0. The summed E-state index contributed by atoms with van der Waals surface area (Å²) in [6.45, 7) is 8.88. The van der Waals surface area contributed by atoms with Crippen molar-refractivity contribution in [3.8, 4) is 0 Å². The predicted octanol–water partition coefficient (Wildman–Crippen LogP) is 3.61. The Morgan fingerprint density at radius 3 is 2.42 bits per heavy atom. The van der Waals surface area contributed by atoms with Crippen molar-refractivity contribution < 1.29 is 14.3 Å². The van der Waals surface area contributed by atoms with E-state index >= 15 is 0 Å². The van der Waals surface area contributed by atoms with E-state index in [1.807, 2.05) is 0 Å². The highest BCUT2D eigenvalue weighted by Crippen LogP contribution is 2.45. The van der Waals surface area contributed by atoms with Gasteiger partial charge in [-0.3, -0.25) is 9.59 Å². The van der Waals surface area contributed by atoms with E-state index in [9.17, 15) is 9.59 Å². The van der Waals surface area contributed by atoms with Crippen molar-refractivity contribution in [2.24, 2.45) is 23.2 Å². The third kappa shape index (κ3) is 4.63. The van der Waals surface area contributed by atoms with Gasteiger partial charge in [-0.2, -0.15) is 0 Å². The highest BCUT2D eigenvalue weighted by Gasteiger charge is 2.39. The molecule has 0 aliphatic heterocycles. The molecule has 0 spiro atoms. The van der Waals surface area contributed by atoms with E-state index in [4.69, 9.17) is 0 Å². The summed E-state index contributed by atoms with van der Waals surface area (Å²) in [4.78, 5) is 23.6. The highest BCUT2D eigenvalue weighted by atomic mass is 16.5. The van der Waals surface area contributed by atoms with Crippen LogP contribution in [0.1, 0.15) is 59.8 Å². The molecule has 19 heavy (non-hydrogen) atoms. The summed E-state index contributed by atoms with van der Waals surface area (Å²) in [5.41, 5.74) is 0.247. The van der Waals surface area contributed by atoms with Crippen molar-refractivity contribution in [3.63, 3.8) is 0 Å². The molecule has 0 N–H and O–H groups in total. The lowest BCUT2D eigenvalue weighted by Crippen LogP contribution is -2.37. The molecule has 0 saturated heterocycles. The minimum atomic E-state index is -0.287. The van der Waals surface area contributed by atoms with Gasteiger partial charge in [-0.25, -0.2) is 0 Å². The molecule has 1 aliphatic carbocycles. The molecule has 2 unspecified atom stereocenters. The Hall–Kier alpha value is -0.860. The number of ketones is 1. The van der Waals surface area contributed by atoms with Crippen molar-refractivity contribution in [1.29, 1.82) is 0 Å². The second-order valence-electron chi connectivity index (χ2n) is 6.96. The maximum Gasteiger partial charge on any atom is 0.305 e. The number of rotatable bonds is 5. The van der Waals surface area contributed by atoms with Gasteiger partial charge >= 0.3 is 5.97 Å². The molecule has 3 nitrogen and oxygen atoms in total. The normalized spacial score (nSPS) is 26.2. The highest BCUT2D eigenvalue weighted by molar-refractivity contribution is 5.85. The average molecular weight is 268 g/mol. The molecule has 1 saturated carbocycles. The van der Waals surface area contributed by atoms with Gasteiger partial charge in [0.25, 0.3) is 0 Å². The summed E-state index contributed by atoms with van der Waals surface area (Å²) >= 11 is 0. The molecule has 0 amide bonds. The van der Waals surface area contributed by atoms with Crippen LogP contribution in [0.5, 0.6) is 0 Å². The molecular weight excluding hydrogens is 240 g/mol. The Labute approximate surface area is 117 Å². The largest absolute Gasteiger partial charge is 0.469 e. The molecule has 0 aromatic heterocycles. The molecule has 0 heterocycles. The van der Waals surface area contributed by atoms with Gasteiger partial charge in [-0.1, -0.05) is 27.7 Å². The molecule has 3 heteroatoms. The van der Waals surface area contributed by atoms with Gasteiger partial charge in [0, 0.05) is 12.3 Å². The van der Waals surface area contributed by atoms with E-state index < -0.39 is 0 Å². The Morgan fingerprint density at radius 1 is 1.26 bits per heavy atom. The monoisotopic (exact) mass is 268 g/mol. The molecule has 1 fully saturated rings. The first kappa shape index (κ1) is 16.2. The molecule has 1 rings (SSSR count). The molecular formula is C16H28O3. The number of hydrogen-bond acceptors (Lipinski definition) is 3. The van der Waals surface area contributed by atoms with Crippen LogP contribution in [0, 0.1) is 23.2 Å². The van der Waals surface area contributed by atoms with Crippen LogP contribution in [-0.4, -0.2) is 18.9 Å². The van der Waals surface area contributed by atoms with Crippen molar-refractivity contribution in [2.45, 2.75) is 59.8 Å². The van der Waals surface area contributed by atoms with E-state index in [0.717, 1.165) is 12.8 Å². The van der Waals surface area contributed by atoms with Gasteiger partial charge in [-0.15, -0.1) is 0 Å². The summed E-state index contributed by atoms with van der Waals surface area (Å²) < 4.78 is 4.61. The van der Waals surface area contributed by atoms with Crippen LogP contribution < -0.4 is 0 Å². The van der Waals surface area contributed by atoms with Crippen molar-refractivity contribution >= 4 is 11.8 Å². The van der Waals surface area contributed by atoms with Gasteiger partial charge in [0.2, 0.25) is 0 Å². The summed E-state index contributed by atoms with van der Waals surface area (Å²) in [6.07, 6.45) is 3.82. The first-order chi connectivity index (χ1) is 8.76. The van der Waals surface area contributed by atoms with Gasteiger partial charge in [0.15, 0.2) is 0 Å². The molecule has 0 aromatic rings. The fourth-order valence-corrected chi connectivity index (χ4v) is 3.27. The number of ether oxygens (including phenoxy) is 1. The fraction of sp³-hybridized carbons (Fsp3) is 0.875. The van der Waals surface area contributed by atoms with E-state index in [0.29, 0.717) is 18.3 Å². The minimum absolute atomic E-state index is 0.119. The van der Waals surface area contributed by atoms with Gasteiger partial charge in [-0.05, 0) is 36.5 Å². The Bertz CT molecular complexity index is 331. The summed E-state index contributed by atoms with van der Waals surface area (Å²) in [5.74, 6) is 1.08. The first-order valence-corrected chi connectivity index (χ1v) is 7.36. The third-order valence-electron chi connectivity index (χ3n) is 4.52. The zero-order valence-corrected chi connectivity index (χ0v) is 13.0.